The fraction of sp³-hybridized carbons (Fsp3) is 0.111. The molecule has 6 heteroatoms. The Morgan fingerprint density at radius 1 is 0.917 bits per heavy atom. The topological polar surface area (TPSA) is 86.0 Å². The monoisotopic (exact) mass is 322 g/mol. The lowest BCUT2D eigenvalue weighted by Gasteiger charge is -2.07. The zero-order valence-electron chi connectivity index (χ0n) is 13.4. The summed E-state index contributed by atoms with van der Waals surface area (Å²) in [4.78, 5) is 26.7. The summed E-state index contributed by atoms with van der Waals surface area (Å²) in [6, 6.07) is 14.4. The van der Waals surface area contributed by atoms with Crippen LogP contribution >= 0.6 is 0 Å². The van der Waals surface area contributed by atoms with Crippen LogP contribution in [0.4, 0.5) is 16.2 Å². The van der Waals surface area contributed by atoms with E-state index in [0.717, 1.165) is 16.5 Å². The highest BCUT2D eigenvalue weighted by atomic mass is 16.2. The normalized spacial score (nSPS) is 10.4. The summed E-state index contributed by atoms with van der Waals surface area (Å²) in [5.74, 6) is -0.212. The van der Waals surface area contributed by atoms with Crippen molar-refractivity contribution in [2.24, 2.45) is 0 Å². The largest absolute Gasteiger partial charge is 0.351 e. The molecule has 0 fully saturated rings. The molecule has 1 heterocycles. The molecule has 0 radical (unpaired) electrons. The third-order valence-electron chi connectivity index (χ3n) is 3.65. The summed E-state index contributed by atoms with van der Waals surface area (Å²) in [5.41, 5.74) is 3.87. The second-order valence-corrected chi connectivity index (χ2v) is 5.51. The molecular weight excluding hydrogens is 304 g/mol. The van der Waals surface area contributed by atoms with E-state index in [0.29, 0.717) is 17.1 Å². The maximum Gasteiger partial charge on any atom is 0.318 e. The highest BCUT2D eigenvalue weighted by molar-refractivity contribution is 6.06. The second kappa shape index (κ2) is 6.45. The van der Waals surface area contributed by atoms with Gasteiger partial charge in [0.1, 0.15) is 5.69 Å². The second-order valence-electron chi connectivity index (χ2n) is 5.51. The summed E-state index contributed by atoms with van der Waals surface area (Å²) < 4.78 is 0. The van der Waals surface area contributed by atoms with Gasteiger partial charge in [0.25, 0.3) is 5.91 Å². The van der Waals surface area contributed by atoms with Crippen LogP contribution in [0.5, 0.6) is 0 Å². The van der Waals surface area contributed by atoms with Crippen LogP contribution in [0.25, 0.3) is 10.9 Å². The van der Waals surface area contributed by atoms with E-state index in [1.165, 1.54) is 0 Å². The summed E-state index contributed by atoms with van der Waals surface area (Å²) in [6.45, 7) is 2.01. The molecule has 4 N–H and O–H groups in total. The molecule has 6 nitrogen and oxygen atoms in total. The molecular formula is C18H18N4O2. The Morgan fingerprint density at radius 2 is 1.58 bits per heavy atom. The number of aromatic amines is 1. The van der Waals surface area contributed by atoms with Crippen LogP contribution < -0.4 is 16.0 Å². The van der Waals surface area contributed by atoms with Gasteiger partial charge in [0.05, 0.1) is 0 Å². The van der Waals surface area contributed by atoms with Gasteiger partial charge in [0.2, 0.25) is 0 Å². The molecule has 24 heavy (non-hydrogen) atoms. The number of benzene rings is 2. The number of hydrogen-bond donors (Lipinski definition) is 4. The first-order chi connectivity index (χ1) is 11.5. The Morgan fingerprint density at radius 3 is 2.25 bits per heavy atom. The van der Waals surface area contributed by atoms with Gasteiger partial charge in [-0.3, -0.25) is 4.79 Å². The van der Waals surface area contributed by atoms with Crippen molar-refractivity contribution in [2.45, 2.75) is 6.92 Å². The van der Waals surface area contributed by atoms with Gasteiger partial charge < -0.3 is 20.9 Å². The van der Waals surface area contributed by atoms with Crippen LogP contribution in [0.1, 0.15) is 16.1 Å². The van der Waals surface area contributed by atoms with Crippen molar-refractivity contribution in [3.8, 4) is 0 Å². The lowest BCUT2D eigenvalue weighted by Crippen LogP contribution is -2.24. The van der Waals surface area contributed by atoms with Crippen molar-refractivity contribution in [1.29, 1.82) is 0 Å². The Labute approximate surface area is 139 Å². The zero-order valence-corrected chi connectivity index (χ0v) is 13.4. The third kappa shape index (κ3) is 3.38. The van der Waals surface area contributed by atoms with Crippen LogP contribution in [-0.4, -0.2) is 24.0 Å². The van der Waals surface area contributed by atoms with E-state index in [2.05, 4.69) is 20.9 Å². The number of aromatic nitrogens is 1. The molecule has 0 saturated carbocycles. The van der Waals surface area contributed by atoms with Crippen LogP contribution in [0.3, 0.4) is 0 Å². The van der Waals surface area contributed by atoms with Crippen molar-refractivity contribution >= 4 is 34.2 Å². The molecule has 0 spiro atoms. The Balaban J connectivity index is 1.72. The number of anilines is 2. The van der Waals surface area contributed by atoms with E-state index in [4.69, 9.17) is 0 Å². The van der Waals surface area contributed by atoms with Crippen LogP contribution in [0, 0.1) is 6.92 Å². The maximum absolute atomic E-state index is 12.4. The molecule has 0 unspecified atom stereocenters. The van der Waals surface area contributed by atoms with E-state index in [9.17, 15) is 9.59 Å². The SMILES string of the molecule is CNC(=O)Nc1ccc(NC(=O)c2cc3ccc(C)cc3[nH]2)cc1. The Hall–Kier alpha value is -3.28. The lowest BCUT2D eigenvalue weighted by molar-refractivity contribution is 0.102. The first kappa shape index (κ1) is 15.6. The van der Waals surface area contributed by atoms with Crippen LogP contribution in [0.2, 0.25) is 0 Å². The molecule has 3 rings (SSSR count). The Kier molecular flexibility index (Phi) is 4.20. The van der Waals surface area contributed by atoms with Crippen molar-refractivity contribution in [1.82, 2.24) is 10.3 Å². The summed E-state index contributed by atoms with van der Waals surface area (Å²) in [5, 5.41) is 8.96. The summed E-state index contributed by atoms with van der Waals surface area (Å²) in [6.07, 6.45) is 0. The van der Waals surface area contributed by atoms with Crippen molar-refractivity contribution in [3.63, 3.8) is 0 Å². The van der Waals surface area contributed by atoms with Crippen LogP contribution in [0.15, 0.2) is 48.5 Å². The number of hydrogen-bond acceptors (Lipinski definition) is 2. The van der Waals surface area contributed by atoms with Crippen molar-refractivity contribution in [3.05, 3.63) is 59.8 Å². The van der Waals surface area contributed by atoms with Gasteiger partial charge in [0, 0.05) is 29.3 Å². The molecule has 2 aromatic carbocycles. The maximum atomic E-state index is 12.4. The number of rotatable bonds is 3. The molecule has 0 atom stereocenters. The number of urea groups is 1. The quantitative estimate of drug-likeness (QED) is 0.595. The molecule has 0 aliphatic carbocycles. The number of carbonyl (C=O) groups is 2. The standard InChI is InChI=1S/C18H18N4O2/c1-11-3-4-12-10-16(22-15(12)9-11)17(23)20-13-5-7-14(8-6-13)21-18(24)19-2/h3-10,22H,1-2H3,(H,20,23)(H2,19,21,24). The average Bonchev–Trinajstić information content (AvgIpc) is 2.99. The van der Waals surface area contributed by atoms with Gasteiger partial charge in [-0.05, 0) is 48.9 Å². The molecule has 0 saturated heterocycles. The minimum atomic E-state index is -0.292. The highest BCUT2D eigenvalue weighted by Gasteiger charge is 2.10. The number of fused-ring (bicyclic) bond motifs is 1. The van der Waals surface area contributed by atoms with Gasteiger partial charge in [-0.1, -0.05) is 12.1 Å². The molecule has 0 aliphatic heterocycles. The lowest BCUT2D eigenvalue weighted by atomic mass is 10.2. The molecule has 3 aromatic rings. The fourth-order valence-corrected chi connectivity index (χ4v) is 2.39. The first-order valence-corrected chi connectivity index (χ1v) is 7.54. The number of amides is 3. The van der Waals surface area contributed by atoms with Gasteiger partial charge in [-0.2, -0.15) is 0 Å². The van der Waals surface area contributed by atoms with Gasteiger partial charge in [-0.15, -0.1) is 0 Å². The minimum absolute atomic E-state index is 0.212. The Bertz CT molecular complexity index is 897. The fourth-order valence-electron chi connectivity index (χ4n) is 2.39. The third-order valence-corrected chi connectivity index (χ3v) is 3.65. The summed E-state index contributed by atoms with van der Waals surface area (Å²) >= 11 is 0. The van der Waals surface area contributed by atoms with E-state index in [1.807, 2.05) is 31.2 Å². The summed E-state index contributed by atoms with van der Waals surface area (Å²) in [7, 11) is 1.55. The smallest absolute Gasteiger partial charge is 0.318 e. The predicted octanol–water partition coefficient (Wildman–Crippen LogP) is 3.48. The predicted molar refractivity (Wildman–Crippen MR) is 95.5 cm³/mol. The van der Waals surface area contributed by atoms with E-state index in [-0.39, 0.29) is 11.9 Å². The molecule has 3 amide bonds. The van der Waals surface area contributed by atoms with Gasteiger partial charge >= 0.3 is 6.03 Å². The number of aryl methyl sites for hydroxylation is 1. The molecule has 0 bridgehead atoms. The van der Waals surface area contributed by atoms with Gasteiger partial charge in [-0.25, -0.2) is 4.79 Å². The van der Waals surface area contributed by atoms with E-state index < -0.39 is 0 Å². The zero-order chi connectivity index (χ0) is 17.1. The highest BCUT2D eigenvalue weighted by Crippen LogP contribution is 2.19. The molecule has 122 valence electrons. The molecule has 1 aromatic heterocycles. The van der Waals surface area contributed by atoms with Crippen LogP contribution in [-0.2, 0) is 0 Å². The minimum Gasteiger partial charge on any atom is -0.351 e. The van der Waals surface area contributed by atoms with E-state index in [1.54, 1.807) is 31.3 Å². The number of nitrogens with one attached hydrogen (secondary N) is 4. The number of H-pyrrole nitrogens is 1. The van der Waals surface area contributed by atoms with E-state index >= 15 is 0 Å². The van der Waals surface area contributed by atoms with Gasteiger partial charge in [0.15, 0.2) is 0 Å². The van der Waals surface area contributed by atoms with Crippen molar-refractivity contribution < 1.29 is 9.59 Å². The number of carbonyl (C=O) groups excluding carboxylic acids is 2. The molecule has 0 aliphatic rings. The van der Waals surface area contributed by atoms with Crippen molar-refractivity contribution in [2.75, 3.05) is 17.7 Å². The average molecular weight is 322 g/mol. The first-order valence-electron chi connectivity index (χ1n) is 7.54.